The fraction of sp³-hybridized carbons (Fsp3) is 0.0213. The second-order valence-electron chi connectivity index (χ2n) is 14.8. The lowest BCUT2D eigenvalue weighted by atomic mass is 9.78. The van der Waals surface area contributed by atoms with Crippen LogP contribution in [0.2, 0.25) is 0 Å². The van der Waals surface area contributed by atoms with Crippen molar-refractivity contribution in [2.45, 2.75) is 5.66 Å². The van der Waals surface area contributed by atoms with Crippen molar-refractivity contribution in [1.82, 2.24) is 9.13 Å². The van der Waals surface area contributed by atoms with Crippen molar-refractivity contribution in [1.29, 1.82) is 0 Å². The minimum Gasteiger partial charge on any atom is -0.456 e. The lowest BCUT2D eigenvalue weighted by Crippen LogP contribution is -2.78. The zero-order valence-electron chi connectivity index (χ0n) is 27.6. The Morgan fingerprint density at radius 1 is 0.385 bits per heavy atom. The van der Waals surface area contributed by atoms with Gasteiger partial charge < -0.3 is 4.74 Å². The molecule has 52 heavy (non-hydrogen) atoms. The Labute approximate surface area is 296 Å². The summed E-state index contributed by atoms with van der Waals surface area (Å²) in [6, 6.07) is 49.7. The third-order valence-corrected chi connectivity index (χ3v) is 12.8. The lowest BCUT2D eigenvalue weighted by molar-refractivity contribution is -0.954. The maximum atomic E-state index is 7.22. The summed E-state index contributed by atoms with van der Waals surface area (Å²) in [6.45, 7) is 0. The van der Waals surface area contributed by atoms with Gasteiger partial charge in [0.25, 0.3) is 11.3 Å². The smallest absolute Gasteiger partial charge is 0.321 e. The van der Waals surface area contributed by atoms with Crippen LogP contribution in [0.1, 0.15) is 11.1 Å². The molecule has 236 valence electrons. The number of hydrogen-bond acceptors (Lipinski definition) is 1. The minimum absolute atomic E-state index is 0.799. The molecule has 0 bridgehead atoms. The Hall–Kier alpha value is -6.98. The standard InChI is InChI=1S/C47H24N4O/c1-3-11-27-25(9-1)29-13-5-15-31-35-17-7-23-48-45(35)50(41(29)31)43-33(27)19-21-37-39(43)47(48)40-38(52-37)22-20-34-28-12-4-2-10-26(28)30-14-6-16-32-36-18-8-24-49(47)46(36)51(42(30)32)44(34)40/h1-24H/q+2. The summed E-state index contributed by atoms with van der Waals surface area (Å²) in [4.78, 5) is 0. The summed E-state index contributed by atoms with van der Waals surface area (Å²) in [5.74, 6) is 1.78. The molecule has 5 aliphatic rings. The highest BCUT2D eigenvalue weighted by Crippen LogP contribution is 2.61. The molecular weight excluding hydrogens is 637 g/mol. The molecule has 10 aromatic rings. The van der Waals surface area contributed by atoms with Crippen LogP contribution in [0.15, 0.2) is 146 Å². The molecule has 5 nitrogen and oxygen atoms in total. The highest BCUT2D eigenvalue weighted by Gasteiger charge is 2.65. The van der Waals surface area contributed by atoms with Crippen molar-refractivity contribution in [2.75, 3.05) is 0 Å². The second kappa shape index (κ2) is 7.83. The van der Waals surface area contributed by atoms with Gasteiger partial charge in [-0.2, -0.15) is 18.3 Å². The Bertz CT molecular complexity index is 3220. The Morgan fingerprint density at radius 3 is 1.29 bits per heavy atom. The molecule has 15 rings (SSSR count). The summed E-state index contributed by atoms with van der Waals surface area (Å²) in [7, 11) is 0. The number of nitrogens with zero attached hydrogens (tertiary/aromatic N) is 4. The van der Waals surface area contributed by atoms with E-state index in [0.29, 0.717) is 0 Å². The molecule has 0 unspecified atom stereocenters. The van der Waals surface area contributed by atoms with Gasteiger partial charge in [-0.15, -0.1) is 0 Å². The maximum Gasteiger partial charge on any atom is 0.321 e. The molecule has 0 saturated carbocycles. The van der Waals surface area contributed by atoms with Gasteiger partial charge in [0.2, 0.25) is 0 Å². The predicted octanol–water partition coefficient (Wildman–Crippen LogP) is 9.78. The first-order valence-electron chi connectivity index (χ1n) is 18.0. The second-order valence-corrected chi connectivity index (χ2v) is 14.8. The van der Waals surface area contributed by atoms with E-state index in [4.69, 9.17) is 4.74 Å². The number of fused-ring (bicyclic) bond motifs is 8. The highest BCUT2D eigenvalue weighted by molar-refractivity contribution is 6.17. The number of benzene rings is 6. The quantitative estimate of drug-likeness (QED) is 0.149. The average Bonchev–Trinajstić information content (AvgIpc) is 3.64. The van der Waals surface area contributed by atoms with Gasteiger partial charge in [-0.25, -0.2) is 0 Å². The predicted molar refractivity (Wildman–Crippen MR) is 202 cm³/mol. The van der Waals surface area contributed by atoms with E-state index in [0.717, 1.165) is 11.5 Å². The van der Waals surface area contributed by atoms with Gasteiger partial charge in [0, 0.05) is 33.0 Å². The molecular formula is C47H24N4O+2. The van der Waals surface area contributed by atoms with Gasteiger partial charge in [-0.05, 0) is 82.9 Å². The van der Waals surface area contributed by atoms with Crippen LogP contribution in [-0.2, 0) is 5.66 Å². The molecule has 0 aliphatic carbocycles. The largest absolute Gasteiger partial charge is 0.456 e. The van der Waals surface area contributed by atoms with Crippen LogP contribution in [0.4, 0.5) is 0 Å². The molecule has 0 saturated heterocycles. The monoisotopic (exact) mass is 660 g/mol. The summed E-state index contributed by atoms with van der Waals surface area (Å²) < 4.78 is 17.5. The molecule has 1 spiro atoms. The van der Waals surface area contributed by atoms with E-state index in [1.165, 1.54) is 111 Å². The van der Waals surface area contributed by atoms with E-state index < -0.39 is 5.66 Å². The Morgan fingerprint density at radius 2 is 0.808 bits per heavy atom. The molecule has 6 aromatic carbocycles. The number of ether oxygens (including phenoxy) is 1. The molecule has 5 heteroatoms. The topological polar surface area (TPSA) is 26.8 Å². The van der Waals surface area contributed by atoms with Gasteiger partial charge in [0.05, 0.1) is 23.2 Å². The zero-order chi connectivity index (χ0) is 33.2. The molecule has 0 atom stereocenters. The summed E-state index contributed by atoms with van der Waals surface area (Å²) in [6.07, 6.45) is 4.63. The van der Waals surface area contributed by atoms with Gasteiger partial charge in [-0.3, -0.25) is 0 Å². The van der Waals surface area contributed by atoms with E-state index >= 15 is 0 Å². The van der Waals surface area contributed by atoms with Crippen LogP contribution in [0.5, 0.6) is 11.5 Å². The first kappa shape index (κ1) is 25.0. The summed E-state index contributed by atoms with van der Waals surface area (Å²) >= 11 is 0. The van der Waals surface area contributed by atoms with Crippen molar-refractivity contribution in [3.05, 3.63) is 157 Å². The van der Waals surface area contributed by atoms with Crippen LogP contribution in [0, 0.1) is 0 Å². The SMILES string of the molecule is c1ccc2c(c1)-c1ccc3c4c1-n1c5c-2cccc5c2ccc[n+](c21)C41c2c(ccc4c2-n2c5c(cccc5c5ccc[n+]1c52)-c1ccccc1-4)O3. The molecule has 9 heterocycles. The van der Waals surface area contributed by atoms with Crippen LogP contribution in [-0.4, -0.2) is 9.13 Å². The molecule has 0 N–H and O–H groups in total. The van der Waals surface area contributed by atoms with Crippen molar-refractivity contribution < 1.29 is 13.9 Å². The Kier molecular flexibility index (Phi) is 3.77. The third-order valence-electron chi connectivity index (χ3n) is 12.8. The number of pyridine rings is 2. The van der Waals surface area contributed by atoms with Gasteiger partial charge >= 0.3 is 5.66 Å². The van der Waals surface area contributed by atoms with Crippen LogP contribution in [0.25, 0.3) is 99.8 Å². The maximum absolute atomic E-state index is 7.22. The van der Waals surface area contributed by atoms with E-state index in [9.17, 15) is 0 Å². The van der Waals surface area contributed by atoms with Crippen molar-refractivity contribution in [3.8, 4) is 67.4 Å². The van der Waals surface area contributed by atoms with E-state index in [2.05, 4.69) is 164 Å². The van der Waals surface area contributed by atoms with Gasteiger partial charge in [0.15, 0.2) is 11.4 Å². The normalized spacial score (nSPS) is 14.8. The van der Waals surface area contributed by atoms with E-state index in [1.54, 1.807) is 0 Å². The van der Waals surface area contributed by atoms with Crippen molar-refractivity contribution >= 4 is 43.9 Å². The zero-order valence-corrected chi connectivity index (χ0v) is 27.6. The number of aromatic nitrogens is 4. The van der Waals surface area contributed by atoms with Crippen LogP contribution in [0.3, 0.4) is 0 Å². The highest BCUT2D eigenvalue weighted by atomic mass is 16.5. The number of para-hydroxylation sites is 2. The minimum atomic E-state index is -0.799. The van der Waals surface area contributed by atoms with E-state index in [-0.39, 0.29) is 0 Å². The fourth-order valence-corrected chi connectivity index (χ4v) is 11.1. The first-order valence-corrected chi connectivity index (χ1v) is 18.0. The lowest BCUT2D eigenvalue weighted by Gasteiger charge is -2.41. The molecule has 4 aromatic heterocycles. The number of hydrogen-bond donors (Lipinski definition) is 0. The van der Waals surface area contributed by atoms with Gasteiger partial charge in [0.1, 0.15) is 33.7 Å². The van der Waals surface area contributed by atoms with Crippen LogP contribution >= 0.6 is 0 Å². The fourth-order valence-electron chi connectivity index (χ4n) is 11.1. The van der Waals surface area contributed by atoms with E-state index in [1.807, 2.05) is 0 Å². The first-order chi connectivity index (χ1) is 25.8. The summed E-state index contributed by atoms with van der Waals surface area (Å²) in [5, 5.41) is 5.02. The molecule has 5 aliphatic heterocycles. The molecule has 0 amide bonds. The number of rotatable bonds is 0. The molecule has 0 radical (unpaired) electrons. The molecule has 0 fully saturated rings. The van der Waals surface area contributed by atoms with Crippen molar-refractivity contribution in [2.24, 2.45) is 0 Å². The summed E-state index contributed by atoms with van der Waals surface area (Å²) in [5.41, 5.74) is 18.8. The van der Waals surface area contributed by atoms with Crippen LogP contribution < -0.4 is 13.9 Å². The van der Waals surface area contributed by atoms with Gasteiger partial charge in [-0.1, -0.05) is 72.8 Å². The Balaban J connectivity index is 1.29. The van der Waals surface area contributed by atoms with Crippen molar-refractivity contribution in [3.63, 3.8) is 0 Å². The third kappa shape index (κ3) is 2.32. The average molecular weight is 661 g/mol.